The molecular formula is C16H20N2O3. The van der Waals surface area contributed by atoms with Gasteiger partial charge in [-0.3, -0.25) is 9.59 Å². The molecular weight excluding hydrogens is 268 g/mol. The summed E-state index contributed by atoms with van der Waals surface area (Å²) < 4.78 is 0. The Morgan fingerprint density at radius 3 is 2.71 bits per heavy atom. The number of amides is 2. The third-order valence-corrected chi connectivity index (χ3v) is 3.41. The number of hydrogen-bond acceptors (Lipinski definition) is 3. The third-order valence-electron chi connectivity index (χ3n) is 3.41. The molecule has 5 heteroatoms. The van der Waals surface area contributed by atoms with Crippen LogP contribution in [0, 0.1) is 0 Å². The van der Waals surface area contributed by atoms with Gasteiger partial charge in [0.1, 0.15) is 0 Å². The second-order valence-corrected chi connectivity index (χ2v) is 5.05. The first-order valence-corrected chi connectivity index (χ1v) is 7.11. The zero-order valence-corrected chi connectivity index (χ0v) is 11.9. The minimum Gasteiger partial charge on any atom is -0.396 e. The van der Waals surface area contributed by atoms with Crippen molar-refractivity contribution in [2.75, 3.05) is 18.5 Å². The highest BCUT2D eigenvalue weighted by Crippen LogP contribution is 2.29. The highest BCUT2D eigenvalue weighted by Gasteiger charge is 2.33. The van der Waals surface area contributed by atoms with Crippen molar-refractivity contribution in [3.8, 4) is 0 Å². The Labute approximate surface area is 124 Å². The van der Waals surface area contributed by atoms with Crippen LogP contribution >= 0.6 is 0 Å². The van der Waals surface area contributed by atoms with Crippen molar-refractivity contribution in [3.63, 3.8) is 0 Å². The molecule has 0 saturated heterocycles. The van der Waals surface area contributed by atoms with E-state index < -0.39 is 0 Å². The van der Waals surface area contributed by atoms with Gasteiger partial charge in [0, 0.05) is 19.2 Å². The maximum absolute atomic E-state index is 12.7. The summed E-state index contributed by atoms with van der Waals surface area (Å²) >= 11 is 0. The summed E-state index contributed by atoms with van der Waals surface area (Å²) in [5, 5.41) is 11.6. The number of carbonyl (C=O) groups is 2. The summed E-state index contributed by atoms with van der Waals surface area (Å²) in [5.41, 5.74) is 0.958. The average molecular weight is 288 g/mol. The molecule has 2 amide bonds. The molecule has 0 aliphatic heterocycles. The molecule has 21 heavy (non-hydrogen) atoms. The van der Waals surface area contributed by atoms with Crippen LogP contribution in [0.1, 0.15) is 29.6 Å². The van der Waals surface area contributed by atoms with E-state index in [-0.39, 0.29) is 24.5 Å². The summed E-state index contributed by atoms with van der Waals surface area (Å²) in [5.74, 6) is -0.450. The van der Waals surface area contributed by atoms with E-state index in [1.54, 1.807) is 29.2 Å². The summed E-state index contributed by atoms with van der Waals surface area (Å²) in [7, 11) is 0. The standard InChI is InChI=1S/C16H20N2O3/c1-2-15(20)17-14-7-4-3-6-13(14)16(21)18(10-5-11-19)12-8-9-12/h2-4,6-7,12,19H,1,5,8-11H2,(H,17,20). The Kier molecular flexibility index (Phi) is 5.11. The van der Waals surface area contributed by atoms with E-state index >= 15 is 0 Å². The van der Waals surface area contributed by atoms with Crippen LogP contribution in [0.25, 0.3) is 0 Å². The number of rotatable bonds is 7. The Morgan fingerprint density at radius 1 is 1.38 bits per heavy atom. The minimum absolute atomic E-state index is 0.0609. The molecule has 1 aromatic rings. The number of anilines is 1. The number of hydrogen-bond donors (Lipinski definition) is 2. The number of nitrogens with one attached hydrogen (secondary N) is 1. The van der Waals surface area contributed by atoms with Crippen LogP contribution in [-0.2, 0) is 4.79 Å². The van der Waals surface area contributed by atoms with Gasteiger partial charge in [0.05, 0.1) is 11.3 Å². The summed E-state index contributed by atoms with van der Waals surface area (Å²) in [4.78, 5) is 25.9. The van der Waals surface area contributed by atoms with Crippen molar-refractivity contribution in [3.05, 3.63) is 42.5 Å². The lowest BCUT2D eigenvalue weighted by molar-refractivity contribution is -0.111. The molecule has 112 valence electrons. The van der Waals surface area contributed by atoms with Crippen molar-refractivity contribution in [2.24, 2.45) is 0 Å². The van der Waals surface area contributed by atoms with Crippen molar-refractivity contribution < 1.29 is 14.7 Å². The predicted molar refractivity (Wildman–Crippen MR) is 81.0 cm³/mol. The largest absolute Gasteiger partial charge is 0.396 e. The molecule has 1 aromatic carbocycles. The molecule has 2 rings (SSSR count). The summed E-state index contributed by atoms with van der Waals surface area (Å²) in [6, 6.07) is 7.20. The van der Waals surface area contributed by atoms with Crippen LogP contribution in [0.4, 0.5) is 5.69 Å². The van der Waals surface area contributed by atoms with Gasteiger partial charge in [0.25, 0.3) is 5.91 Å². The summed E-state index contributed by atoms with van der Waals surface area (Å²) in [6.07, 6.45) is 3.73. The van der Waals surface area contributed by atoms with Gasteiger partial charge < -0.3 is 15.3 Å². The first kappa shape index (κ1) is 15.3. The van der Waals surface area contributed by atoms with E-state index in [0.717, 1.165) is 12.8 Å². The van der Waals surface area contributed by atoms with Crippen LogP contribution in [-0.4, -0.2) is 41.0 Å². The molecule has 0 heterocycles. The zero-order valence-electron chi connectivity index (χ0n) is 11.9. The van der Waals surface area contributed by atoms with Crippen LogP contribution in [0.15, 0.2) is 36.9 Å². The molecule has 2 N–H and O–H groups in total. The van der Waals surface area contributed by atoms with Gasteiger partial charge in [-0.05, 0) is 37.5 Å². The quantitative estimate of drug-likeness (QED) is 0.752. The van der Waals surface area contributed by atoms with Gasteiger partial charge in [0.2, 0.25) is 5.91 Å². The molecule has 1 aliphatic rings. The van der Waals surface area contributed by atoms with Crippen molar-refractivity contribution in [1.82, 2.24) is 4.90 Å². The molecule has 0 aromatic heterocycles. The zero-order chi connectivity index (χ0) is 15.2. The second-order valence-electron chi connectivity index (χ2n) is 5.05. The highest BCUT2D eigenvalue weighted by molar-refractivity contribution is 6.06. The van der Waals surface area contributed by atoms with Crippen molar-refractivity contribution in [1.29, 1.82) is 0 Å². The van der Waals surface area contributed by atoms with Gasteiger partial charge in [-0.25, -0.2) is 0 Å². The fourth-order valence-electron chi connectivity index (χ4n) is 2.19. The number of benzene rings is 1. The maximum atomic E-state index is 12.7. The molecule has 5 nitrogen and oxygen atoms in total. The lowest BCUT2D eigenvalue weighted by Crippen LogP contribution is -2.35. The van der Waals surface area contributed by atoms with Gasteiger partial charge in [-0.15, -0.1) is 0 Å². The molecule has 1 fully saturated rings. The molecule has 1 saturated carbocycles. The van der Waals surface area contributed by atoms with Gasteiger partial charge >= 0.3 is 0 Å². The van der Waals surface area contributed by atoms with Crippen LogP contribution in [0.5, 0.6) is 0 Å². The van der Waals surface area contributed by atoms with E-state index in [9.17, 15) is 9.59 Å². The van der Waals surface area contributed by atoms with Crippen LogP contribution < -0.4 is 5.32 Å². The predicted octanol–water partition coefficient (Wildman–Crippen LogP) is 1.80. The molecule has 0 radical (unpaired) electrons. The molecule has 0 bridgehead atoms. The van der Waals surface area contributed by atoms with Crippen molar-refractivity contribution >= 4 is 17.5 Å². The monoisotopic (exact) mass is 288 g/mol. The highest BCUT2D eigenvalue weighted by atomic mass is 16.3. The Morgan fingerprint density at radius 2 is 2.10 bits per heavy atom. The van der Waals surface area contributed by atoms with E-state index in [4.69, 9.17) is 5.11 Å². The number of nitrogens with zero attached hydrogens (tertiary/aromatic N) is 1. The number of para-hydroxylation sites is 1. The molecule has 1 aliphatic carbocycles. The second kappa shape index (κ2) is 7.04. The normalized spacial score (nSPS) is 13.6. The maximum Gasteiger partial charge on any atom is 0.256 e. The first-order valence-electron chi connectivity index (χ1n) is 7.11. The number of aliphatic hydroxyl groups excluding tert-OH is 1. The first-order chi connectivity index (χ1) is 10.2. The smallest absolute Gasteiger partial charge is 0.256 e. The Bertz CT molecular complexity index is 538. The number of carbonyl (C=O) groups excluding carboxylic acids is 2. The van der Waals surface area contributed by atoms with E-state index in [1.807, 2.05) is 0 Å². The minimum atomic E-state index is -0.344. The Balaban J connectivity index is 2.20. The van der Waals surface area contributed by atoms with E-state index in [1.165, 1.54) is 6.08 Å². The van der Waals surface area contributed by atoms with Gasteiger partial charge in [-0.1, -0.05) is 18.7 Å². The molecule has 0 spiro atoms. The SMILES string of the molecule is C=CC(=O)Nc1ccccc1C(=O)N(CCCO)C1CC1. The van der Waals surface area contributed by atoms with E-state index in [2.05, 4.69) is 11.9 Å². The fourth-order valence-corrected chi connectivity index (χ4v) is 2.19. The van der Waals surface area contributed by atoms with Crippen LogP contribution in [0.2, 0.25) is 0 Å². The van der Waals surface area contributed by atoms with Gasteiger partial charge in [-0.2, -0.15) is 0 Å². The number of aliphatic hydroxyl groups is 1. The Hall–Kier alpha value is -2.14. The average Bonchev–Trinajstić information content (AvgIpc) is 3.32. The lowest BCUT2D eigenvalue weighted by atomic mass is 10.1. The fraction of sp³-hybridized carbons (Fsp3) is 0.375. The lowest BCUT2D eigenvalue weighted by Gasteiger charge is -2.23. The van der Waals surface area contributed by atoms with Crippen LogP contribution in [0.3, 0.4) is 0 Å². The topological polar surface area (TPSA) is 69.6 Å². The van der Waals surface area contributed by atoms with Crippen molar-refractivity contribution in [2.45, 2.75) is 25.3 Å². The summed E-state index contributed by atoms with van der Waals surface area (Å²) in [6.45, 7) is 4.00. The molecule has 0 atom stereocenters. The molecule has 0 unspecified atom stereocenters. The van der Waals surface area contributed by atoms with E-state index in [0.29, 0.717) is 24.2 Å². The van der Waals surface area contributed by atoms with Gasteiger partial charge in [0.15, 0.2) is 0 Å². The third kappa shape index (κ3) is 3.92.